The van der Waals surface area contributed by atoms with E-state index in [-0.39, 0.29) is 0 Å². The number of fused-ring (bicyclic) bond motifs is 1. The third-order valence-electron chi connectivity index (χ3n) is 2.43. The second-order valence-corrected chi connectivity index (χ2v) is 6.70. The minimum atomic E-state index is -3.29. The summed E-state index contributed by atoms with van der Waals surface area (Å²) in [6, 6.07) is 5.33. The van der Waals surface area contributed by atoms with E-state index in [2.05, 4.69) is 22.6 Å². The predicted molar refractivity (Wildman–Crippen MR) is 67.4 cm³/mol. The average molecular weight is 338 g/mol. The number of hydrogen-bond donors (Lipinski definition) is 0. The second-order valence-electron chi connectivity index (χ2n) is 3.53. The zero-order valence-corrected chi connectivity index (χ0v) is 11.4. The first-order valence-corrected chi connectivity index (χ1v) is 6.92. The Balaban J connectivity index is 2.76. The van der Waals surface area contributed by atoms with Crippen LogP contribution < -0.4 is 4.90 Å². The molecule has 0 radical (unpaired) electrons. The van der Waals surface area contributed by atoms with E-state index in [9.17, 15) is 8.42 Å². The second kappa shape index (κ2) is 3.60. The zero-order chi connectivity index (χ0) is 11.2. The van der Waals surface area contributed by atoms with Crippen molar-refractivity contribution in [2.75, 3.05) is 25.7 Å². The lowest BCUT2D eigenvalue weighted by Crippen LogP contribution is -2.42. The fraction of sp³-hybridized carbons (Fsp3) is 0.333. The van der Waals surface area contributed by atoms with Crippen LogP contribution >= 0.6 is 22.6 Å². The molecule has 0 amide bonds. The fourth-order valence-electron chi connectivity index (χ4n) is 1.69. The van der Waals surface area contributed by atoms with Crippen LogP contribution in [0.15, 0.2) is 23.1 Å². The smallest absolute Gasteiger partial charge is 0.246 e. The third kappa shape index (κ3) is 1.64. The number of sulfonamides is 1. The van der Waals surface area contributed by atoms with Gasteiger partial charge >= 0.3 is 0 Å². The maximum Gasteiger partial charge on any atom is 0.246 e. The highest BCUT2D eigenvalue weighted by Gasteiger charge is 2.32. The summed E-state index contributed by atoms with van der Waals surface area (Å²) in [6.07, 6.45) is 0. The highest BCUT2D eigenvalue weighted by atomic mass is 127. The monoisotopic (exact) mass is 338 g/mol. The molecule has 0 aliphatic carbocycles. The molecule has 1 aromatic rings. The predicted octanol–water partition coefficient (Wildman–Crippen LogP) is 1.32. The Labute approximate surface area is 103 Å². The van der Waals surface area contributed by atoms with Crippen LogP contribution in [-0.4, -0.2) is 33.5 Å². The van der Waals surface area contributed by atoms with Crippen LogP contribution in [0.25, 0.3) is 0 Å². The van der Waals surface area contributed by atoms with E-state index in [1.54, 1.807) is 19.2 Å². The standard InChI is InChI=1S/C9H11IN2O2S/c1-11-6-12(2)15(13,14)8-5-3-4-7(10)9(8)11/h3-5H,6H2,1-2H3. The molecule has 0 N–H and O–H groups in total. The third-order valence-corrected chi connectivity index (χ3v) is 5.12. The molecule has 1 aliphatic rings. The number of nitrogens with zero attached hydrogens (tertiary/aromatic N) is 2. The van der Waals surface area contributed by atoms with Crippen LogP contribution in [0.3, 0.4) is 0 Å². The Morgan fingerprint density at radius 2 is 2.00 bits per heavy atom. The Morgan fingerprint density at radius 1 is 1.33 bits per heavy atom. The molecule has 1 heterocycles. The summed E-state index contributed by atoms with van der Waals surface area (Å²) in [4.78, 5) is 2.34. The summed E-state index contributed by atoms with van der Waals surface area (Å²) in [7, 11) is 0.198. The van der Waals surface area contributed by atoms with E-state index < -0.39 is 10.0 Å². The van der Waals surface area contributed by atoms with Gasteiger partial charge in [-0.3, -0.25) is 0 Å². The van der Waals surface area contributed by atoms with Crippen molar-refractivity contribution in [2.24, 2.45) is 0 Å². The first kappa shape index (κ1) is 11.2. The molecule has 1 aromatic carbocycles. The van der Waals surface area contributed by atoms with Gasteiger partial charge in [0.1, 0.15) is 4.90 Å². The highest BCUT2D eigenvalue weighted by molar-refractivity contribution is 14.1. The number of anilines is 1. The van der Waals surface area contributed by atoms with Crippen molar-refractivity contribution < 1.29 is 8.42 Å². The van der Waals surface area contributed by atoms with Gasteiger partial charge in [0.2, 0.25) is 10.0 Å². The van der Waals surface area contributed by atoms with Gasteiger partial charge in [-0.1, -0.05) is 6.07 Å². The highest BCUT2D eigenvalue weighted by Crippen LogP contribution is 2.34. The molecule has 6 heteroatoms. The van der Waals surface area contributed by atoms with Gasteiger partial charge in [0.05, 0.1) is 12.4 Å². The van der Waals surface area contributed by atoms with E-state index >= 15 is 0 Å². The van der Waals surface area contributed by atoms with E-state index in [1.165, 1.54) is 4.31 Å². The molecule has 1 aliphatic heterocycles. The maximum absolute atomic E-state index is 12.0. The molecule has 0 fully saturated rings. The Morgan fingerprint density at radius 3 is 2.67 bits per heavy atom. The normalized spacial score (nSPS) is 20.1. The Hall–Kier alpha value is -0.340. The summed E-state index contributed by atoms with van der Waals surface area (Å²) >= 11 is 2.16. The van der Waals surface area contributed by atoms with Gasteiger partial charge in [-0.25, -0.2) is 8.42 Å². The molecule has 0 bridgehead atoms. The Bertz CT molecular complexity index is 501. The molecule has 0 spiro atoms. The number of hydrogen-bond acceptors (Lipinski definition) is 3. The minimum Gasteiger partial charge on any atom is -0.359 e. The van der Waals surface area contributed by atoms with Crippen LogP contribution in [0.1, 0.15) is 0 Å². The van der Waals surface area contributed by atoms with Crippen molar-refractivity contribution in [1.82, 2.24) is 4.31 Å². The van der Waals surface area contributed by atoms with Crippen LogP contribution in [0, 0.1) is 3.57 Å². The van der Waals surface area contributed by atoms with Gasteiger partial charge in [0.15, 0.2) is 0 Å². The van der Waals surface area contributed by atoms with Crippen molar-refractivity contribution in [3.63, 3.8) is 0 Å². The van der Waals surface area contributed by atoms with Gasteiger partial charge in [0.25, 0.3) is 0 Å². The fourth-order valence-corrected chi connectivity index (χ4v) is 4.20. The van der Waals surface area contributed by atoms with E-state index in [0.717, 1.165) is 9.26 Å². The Kier molecular flexibility index (Phi) is 2.68. The van der Waals surface area contributed by atoms with Gasteiger partial charge in [0, 0.05) is 17.7 Å². The quantitative estimate of drug-likeness (QED) is 0.670. The van der Waals surface area contributed by atoms with Crippen LogP contribution in [0.5, 0.6) is 0 Å². The van der Waals surface area contributed by atoms with E-state index in [1.807, 2.05) is 18.0 Å². The first-order valence-electron chi connectivity index (χ1n) is 4.40. The zero-order valence-electron chi connectivity index (χ0n) is 8.44. The SMILES string of the molecule is CN1CN(C)S(=O)(=O)c2cccc(I)c21. The summed E-state index contributed by atoms with van der Waals surface area (Å²) in [5.41, 5.74) is 0.802. The van der Waals surface area contributed by atoms with Gasteiger partial charge < -0.3 is 4.90 Å². The molecule has 15 heavy (non-hydrogen) atoms. The lowest BCUT2D eigenvalue weighted by atomic mass is 10.3. The number of halogens is 1. The molecule has 0 saturated heterocycles. The summed E-state index contributed by atoms with van der Waals surface area (Å²) < 4.78 is 26.3. The first-order chi connectivity index (χ1) is 6.94. The molecule has 0 atom stereocenters. The molecule has 2 rings (SSSR count). The molecular formula is C9H11IN2O2S. The summed E-state index contributed by atoms with van der Waals surface area (Å²) in [5.74, 6) is 0. The average Bonchev–Trinajstić information content (AvgIpc) is 2.15. The van der Waals surface area contributed by atoms with Crippen LogP contribution in [0.2, 0.25) is 0 Å². The minimum absolute atomic E-state index is 0.394. The van der Waals surface area contributed by atoms with Crippen molar-refractivity contribution in [1.29, 1.82) is 0 Å². The van der Waals surface area contributed by atoms with Gasteiger partial charge in [-0.2, -0.15) is 4.31 Å². The van der Waals surface area contributed by atoms with E-state index in [0.29, 0.717) is 11.6 Å². The molecule has 82 valence electrons. The van der Waals surface area contributed by atoms with Gasteiger partial charge in [-0.15, -0.1) is 0 Å². The van der Waals surface area contributed by atoms with Crippen LogP contribution in [0.4, 0.5) is 5.69 Å². The number of para-hydroxylation sites is 1. The summed E-state index contributed by atoms with van der Waals surface area (Å²) in [5, 5.41) is 0. The molecule has 0 aromatic heterocycles. The van der Waals surface area contributed by atoms with Crippen LogP contribution in [-0.2, 0) is 10.0 Å². The molecule has 4 nitrogen and oxygen atoms in total. The lowest BCUT2D eigenvalue weighted by molar-refractivity contribution is 0.458. The lowest BCUT2D eigenvalue weighted by Gasteiger charge is -2.33. The van der Waals surface area contributed by atoms with Crippen molar-refractivity contribution >= 4 is 38.3 Å². The molecular weight excluding hydrogens is 327 g/mol. The largest absolute Gasteiger partial charge is 0.359 e. The topological polar surface area (TPSA) is 40.6 Å². The number of benzene rings is 1. The van der Waals surface area contributed by atoms with Crippen molar-refractivity contribution in [2.45, 2.75) is 4.90 Å². The molecule has 0 unspecified atom stereocenters. The summed E-state index contributed by atoms with van der Waals surface area (Å²) in [6.45, 7) is 0.398. The van der Waals surface area contributed by atoms with Gasteiger partial charge in [-0.05, 0) is 34.7 Å². The molecule has 0 saturated carbocycles. The van der Waals surface area contributed by atoms with Crippen molar-refractivity contribution in [3.8, 4) is 0 Å². The van der Waals surface area contributed by atoms with Crippen molar-refractivity contribution in [3.05, 3.63) is 21.8 Å². The number of rotatable bonds is 0. The van der Waals surface area contributed by atoms with E-state index in [4.69, 9.17) is 0 Å². The maximum atomic E-state index is 12.0.